The number of ketones is 1. The first-order valence-corrected chi connectivity index (χ1v) is 9.19. The average Bonchev–Trinajstić information content (AvgIpc) is 3.49. The van der Waals surface area contributed by atoms with Crippen LogP contribution in [0.15, 0.2) is 48.5 Å². The molecule has 2 aromatic carbocycles. The maximum Gasteiger partial charge on any atom is 0.317 e. The highest BCUT2D eigenvalue weighted by atomic mass is 35.5. The molecular formula is C21H20ClNO4. The highest BCUT2D eigenvalue weighted by Crippen LogP contribution is 2.49. The van der Waals surface area contributed by atoms with E-state index in [1.54, 1.807) is 43.3 Å². The van der Waals surface area contributed by atoms with Crippen molar-refractivity contribution < 1.29 is 19.1 Å². The molecule has 0 saturated heterocycles. The number of rotatable bonds is 7. The molecule has 1 N–H and O–H groups in total. The smallest absolute Gasteiger partial charge is 0.317 e. The molecule has 5 nitrogen and oxygen atoms in total. The van der Waals surface area contributed by atoms with E-state index in [9.17, 15) is 14.4 Å². The second-order valence-electron chi connectivity index (χ2n) is 6.57. The number of amides is 1. The molecule has 1 aliphatic carbocycles. The molecule has 3 rings (SSSR count). The molecular weight excluding hydrogens is 366 g/mol. The van der Waals surface area contributed by atoms with Crippen molar-refractivity contribution in [2.45, 2.75) is 31.6 Å². The van der Waals surface area contributed by atoms with Gasteiger partial charge in [0.05, 0.1) is 5.41 Å². The predicted molar refractivity (Wildman–Crippen MR) is 103 cm³/mol. The number of benzene rings is 2. The van der Waals surface area contributed by atoms with Crippen LogP contribution in [0.3, 0.4) is 0 Å². The molecule has 27 heavy (non-hydrogen) atoms. The third-order valence-electron chi connectivity index (χ3n) is 4.68. The third kappa shape index (κ3) is 4.37. The minimum absolute atomic E-state index is 0.0973. The van der Waals surface area contributed by atoms with Crippen molar-refractivity contribution >= 4 is 34.9 Å². The summed E-state index contributed by atoms with van der Waals surface area (Å²) in [5.74, 6) is -0.770. The Morgan fingerprint density at radius 1 is 1.04 bits per heavy atom. The molecule has 2 aromatic rings. The lowest BCUT2D eigenvalue weighted by Crippen LogP contribution is -2.25. The summed E-state index contributed by atoms with van der Waals surface area (Å²) in [6, 6.07) is 13.6. The standard InChI is InChI=1S/C21H20ClNO4/c1-2-19(25)23-17-9-3-14(4-10-17)18(24)13-27-20(26)21(11-12-21)15-5-7-16(22)8-6-15/h3-10H,2,11-13H2,1H3,(H,23,25). The van der Waals surface area contributed by atoms with Crippen LogP contribution in [0.5, 0.6) is 0 Å². The zero-order valence-electron chi connectivity index (χ0n) is 15.0. The Morgan fingerprint density at radius 3 is 2.22 bits per heavy atom. The highest BCUT2D eigenvalue weighted by molar-refractivity contribution is 6.30. The molecule has 0 aliphatic heterocycles. The average molecular weight is 386 g/mol. The van der Waals surface area contributed by atoms with Crippen molar-refractivity contribution in [3.05, 3.63) is 64.7 Å². The fourth-order valence-corrected chi connectivity index (χ4v) is 2.97. The Kier molecular flexibility index (Phi) is 5.61. The van der Waals surface area contributed by atoms with Crippen LogP contribution < -0.4 is 5.32 Å². The van der Waals surface area contributed by atoms with Gasteiger partial charge in [-0.15, -0.1) is 0 Å². The van der Waals surface area contributed by atoms with Gasteiger partial charge in [0.2, 0.25) is 5.91 Å². The van der Waals surface area contributed by atoms with Gasteiger partial charge in [-0.25, -0.2) is 0 Å². The van der Waals surface area contributed by atoms with Crippen molar-refractivity contribution in [1.29, 1.82) is 0 Å². The molecule has 0 aromatic heterocycles. The zero-order valence-corrected chi connectivity index (χ0v) is 15.7. The van der Waals surface area contributed by atoms with Crippen molar-refractivity contribution in [2.75, 3.05) is 11.9 Å². The zero-order chi connectivity index (χ0) is 19.4. The fourth-order valence-electron chi connectivity index (χ4n) is 2.85. The number of anilines is 1. The van der Waals surface area contributed by atoms with Crippen molar-refractivity contribution in [2.24, 2.45) is 0 Å². The van der Waals surface area contributed by atoms with Crippen LogP contribution in [0.2, 0.25) is 5.02 Å². The number of nitrogens with one attached hydrogen (secondary N) is 1. The first-order chi connectivity index (χ1) is 12.9. The maximum atomic E-state index is 12.5. The summed E-state index contributed by atoms with van der Waals surface area (Å²) < 4.78 is 5.29. The third-order valence-corrected chi connectivity index (χ3v) is 4.94. The number of hydrogen-bond acceptors (Lipinski definition) is 4. The van der Waals surface area contributed by atoms with Gasteiger partial charge < -0.3 is 10.1 Å². The topological polar surface area (TPSA) is 72.5 Å². The molecule has 6 heteroatoms. The molecule has 0 unspecified atom stereocenters. The van der Waals surface area contributed by atoms with E-state index in [0.717, 1.165) is 5.56 Å². The SMILES string of the molecule is CCC(=O)Nc1ccc(C(=O)COC(=O)C2(c3ccc(Cl)cc3)CC2)cc1. The Morgan fingerprint density at radius 2 is 1.67 bits per heavy atom. The Hall–Kier alpha value is -2.66. The summed E-state index contributed by atoms with van der Waals surface area (Å²) in [6.07, 6.45) is 1.78. The van der Waals surface area contributed by atoms with E-state index in [-0.39, 0.29) is 24.3 Å². The quantitative estimate of drug-likeness (QED) is 0.574. The maximum absolute atomic E-state index is 12.5. The summed E-state index contributed by atoms with van der Waals surface area (Å²) in [4.78, 5) is 36.2. The number of esters is 1. The lowest BCUT2D eigenvalue weighted by Gasteiger charge is -2.14. The van der Waals surface area contributed by atoms with E-state index in [4.69, 9.17) is 16.3 Å². The fraction of sp³-hybridized carbons (Fsp3) is 0.286. The molecule has 0 spiro atoms. The van der Waals surface area contributed by atoms with Gasteiger partial charge in [0, 0.05) is 22.7 Å². The first kappa shape index (κ1) is 19.1. The molecule has 0 atom stereocenters. The van der Waals surface area contributed by atoms with Gasteiger partial charge in [0.1, 0.15) is 0 Å². The summed E-state index contributed by atoms with van der Waals surface area (Å²) in [6.45, 7) is 1.45. The van der Waals surface area contributed by atoms with Crippen LogP contribution in [0.1, 0.15) is 42.1 Å². The van der Waals surface area contributed by atoms with Gasteiger partial charge in [-0.05, 0) is 54.8 Å². The van der Waals surface area contributed by atoms with Crippen LogP contribution in [0.4, 0.5) is 5.69 Å². The molecule has 0 bridgehead atoms. The highest BCUT2D eigenvalue weighted by Gasteiger charge is 2.52. The van der Waals surface area contributed by atoms with E-state index in [2.05, 4.69) is 5.32 Å². The lowest BCUT2D eigenvalue weighted by atomic mass is 9.96. The summed E-state index contributed by atoms with van der Waals surface area (Å²) in [5, 5.41) is 3.32. The number of Topliss-reactive ketones (excluding diaryl/α,β-unsaturated/α-hetero) is 1. The second kappa shape index (κ2) is 7.92. The van der Waals surface area contributed by atoms with Crippen molar-refractivity contribution in [3.8, 4) is 0 Å². The molecule has 140 valence electrons. The van der Waals surface area contributed by atoms with Crippen LogP contribution >= 0.6 is 11.6 Å². The summed E-state index contributed by atoms with van der Waals surface area (Å²) >= 11 is 5.90. The van der Waals surface area contributed by atoms with E-state index in [1.807, 2.05) is 12.1 Å². The molecule has 1 amide bonds. The van der Waals surface area contributed by atoms with E-state index in [0.29, 0.717) is 35.5 Å². The normalized spacial score (nSPS) is 14.3. The van der Waals surface area contributed by atoms with E-state index >= 15 is 0 Å². The number of halogens is 1. The first-order valence-electron chi connectivity index (χ1n) is 8.81. The van der Waals surface area contributed by atoms with Gasteiger partial charge in [0.15, 0.2) is 12.4 Å². The van der Waals surface area contributed by atoms with Crippen LogP contribution in [-0.2, 0) is 19.7 Å². The summed E-state index contributed by atoms with van der Waals surface area (Å²) in [5.41, 5.74) is 1.25. The minimum atomic E-state index is -0.654. The van der Waals surface area contributed by atoms with Gasteiger partial charge in [-0.1, -0.05) is 30.7 Å². The number of ether oxygens (including phenoxy) is 1. The minimum Gasteiger partial charge on any atom is -0.457 e. The van der Waals surface area contributed by atoms with Gasteiger partial charge in [-0.2, -0.15) is 0 Å². The number of carbonyl (C=O) groups is 3. The molecule has 0 heterocycles. The predicted octanol–water partition coefficient (Wildman–Crippen LogP) is 4.15. The molecule has 1 aliphatic rings. The van der Waals surface area contributed by atoms with E-state index in [1.165, 1.54) is 0 Å². The number of hydrogen-bond donors (Lipinski definition) is 1. The van der Waals surface area contributed by atoms with Gasteiger partial charge in [-0.3, -0.25) is 14.4 Å². The van der Waals surface area contributed by atoms with Crippen LogP contribution in [0, 0.1) is 0 Å². The van der Waals surface area contributed by atoms with Crippen LogP contribution in [-0.4, -0.2) is 24.3 Å². The molecule has 1 saturated carbocycles. The van der Waals surface area contributed by atoms with Crippen molar-refractivity contribution in [3.63, 3.8) is 0 Å². The Balaban J connectivity index is 1.58. The van der Waals surface area contributed by atoms with Gasteiger partial charge in [0.25, 0.3) is 0 Å². The van der Waals surface area contributed by atoms with Crippen molar-refractivity contribution in [1.82, 2.24) is 0 Å². The lowest BCUT2D eigenvalue weighted by molar-refractivity contribution is -0.145. The molecule has 0 radical (unpaired) electrons. The Bertz CT molecular complexity index is 855. The summed E-state index contributed by atoms with van der Waals surface area (Å²) in [7, 11) is 0. The van der Waals surface area contributed by atoms with E-state index < -0.39 is 5.41 Å². The second-order valence-corrected chi connectivity index (χ2v) is 7.00. The largest absolute Gasteiger partial charge is 0.457 e. The Labute approximate surface area is 162 Å². The molecule has 1 fully saturated rings. The van der Waals surface area contributed by atoms with Crippen LogP contribution in [0.25, 0.3) is 0 Å². The monoisotopic (exact) mass is 385 g/mol. The number of carbonyl (C=O) groups excluding carboxylic acids is 3. The van der Waals surface area contributed by atoms with Gasteiger partial charge >= 0.3 is 5.97 Å².